The lowest BCUT2D eigenvalue weighted by Gasteiger charge is -2.06. The first-order valence-corrected chi connectivity index (χ1v) is 9.44. The Morgan fingerprint density at radius 2 is 2.00 bits per heavy atom. The van der Waals surface area contributed by atoms with Gasteiger partial charge in [0.25, 0.3) is 0 Å². The van der Waals surface area contributed by atoms with Crippen molar-refractivity contribution in [1.82, 2.24) is 4.72 Å². The van der Waals surface area contributed by atoms with Gasteiger partial charge in [-0.05, 0) is 37.2 Å². The third-order valence-electron chi connectivity index (χ3n) is 2.42. The van der Waals surface area contributed by atoms with Crippen LogP contribution in [-0.2, 0) is 26.6 Å². The summed E-state index contributed by atoms with van der Waals surface area (Å²) in [6, 6.07) is 4.99. The Balaban J connectivity index is 2.50. The molecule has 0 fully saturated rings. The van der Waals surface area contributed by atoms with E-state index in [-0.39, 0.29) is 11.5 Å². The van der Waals surface area contributed by atoms with Crippen molar-refractivity contribution in [3.8, 4) is 0 Å². The molecule has 1 N–H and O–H groups in total. The molecule has 0 aliphatic heterocycles. The van der Waals surface area contributed by atoms with Crippen molar-refractivity contribution in [2.24, 2.45) is 0 Å². The molecule has 0 amide bonds. The summed E-state index contributed by atoms with van der Waals surface area (Å²) in [7, 11) is -3.04. The van der Waals surface area contributed by atoms with E-state index in [4.69, 9.17) is 23.2 Å². The standard InChI is InChI=1S/C11H15Cl2NO3S2/c1-14-19(16,17)6-2-5-18(15)8-9-7-10(12)3-4-11(9)13/h3-4,7,14H,2,5-6,8H2,1H3/t18-/m0/s1. The Morgan fingerprint density at radius 3 is 2.63 bits per heavy atom. The molecule has 0 saturated carbocycles. The first-order chi connectivity index (χ1) is 8.84. The van der Waals surface area contributed by atoms with Crippen molar-refractivity contribution in [3.63, 3.8) is 0 Å². The highest BCUT2D eigenvalue weighted by atomic mass is 35.5. The second kappa shape index (κ2) is 7.59. The molecule has 8 heteroatoms. The zero-order valence-electron chi connectivity index (χ0n) is 10.4. The van der Waals surface area contributed by atoms with E-state index in [0.717, 1.165) is 0 Å². The molecular formula is C11H15Cl2NO3S2. The van der Waals surface area contributed by atoms with Gasteiger partial charge in [0.15, 0.2) is 0 Å². The summed E-state index contributed by atoms with van der Waals surface area (Å²) in [5.74, 6) is 0.557. The highest BCUT2D eigenvalue weighted by molar-refractivity contribution is 7.89. The van der Waals surface area contributed by atoms with Crippen molar-refractivity contribution in [2.45, 2.75) is 12.2 Å². The van der Waals surface area contributed by atoms with Crippen LogP contribution in [0.2, 0.25) is 10.0 Å². The number of benzene rings is 1. The quantitative estimate of drug-likeness (QED) is 0.825. The van der Waals surface area contributed by atoms with Crippen molar-refractivity contribution in [3.05, 3.63) is 33.8 Å². The summed E-state index contributed by atoms with van der Waals surface area (Å²) >= 11 is 11.8. The van der Waals surface area contributed by atoms with Crippen LogP contribution < -0.4 is 4.72 Å². The van der Waals surface area contributed by atoms with E-state index in [1.54, 1.807) is 18.2 Å². The fraction of sp³-hybridized carbons (Fsp3) is 0.455. The number of sulfonamides is 1. The van der Waals surface area contributed by atoms with E-state index in [9.17, 15) is 12.6 Å². The van der Waals surface area contributed by atoms with E-state index in [1.165, 1.54) is 7.05 Å². The molecule has 1 aromatic carbocycles. The van der Waals surface area contributed by atoms with Crippen molar-refractivity contribution < 1.29 is 12.6 Å². The SMILES string of the molecule is CNS(=O)(=O)CCC[S@](=O)Cc1cc(Cl)ccc1Cl. The van der Waals surface area contributed by atoms with E-state index < -0.39 is 20.8 Å². The first kappa shape index (κ1) is 16.9. The molecule has 1 aromatic rings. The van der Waals surface area contributed by atoms with Gasteiger partial charge in [0.2, 0.25) is 10.0 Å². The molecule has 108 valence electrons. The first-order valence-electron chi connectivity index (χ1n) is 5.54. The Kier molecular flexibility index (Phi) is 6.76. The van der Waals surface area contributed by atoms with Crippen LogP contribution in [0, 0.1) is 0 Å². The molecule has 0 bridgehead atoms. The van der Waals surface area contributed by atoms with Crippen LogP contribution in [0.1, 0.15) is 12.0 Å². The molecule has 0 heterocycles. The van der Waals surface area contributed by atoms with Crippen molar-refractivity contribution in [1.29, 1.82) is 0 Å². The fourth-order valence-corrected chi connectivity index (χ4v) is 3.98. The van der Waals surface area contributed by atoms with Crippen LogP contribution in [0.5, 0.6) is 0 Å². The lowest BCUT2D eigenvalue weighted by Crippen LogP contribution is -2.23. The molecule has 0 saturated heterocycles. The number of hydrogen-bond acceptors (Lipinski definition) is 3. The third kappa shape index (κ3) is 6.23. The number of nitrogens with one attached hydrogen (secondary N) is 1. The molecule has 19 heavy (non-hydrogen) atoms. The topological polar surface area (TPSA) is 63.2 Å². The molecule has 0 aliphatic carbocycles. The average Bonchev–Trinajstić information content (AvgIpc) is 2.33. The summed E-state index contributed by atoms with van der Waals surface area (Å²) in [6.07, 6.45) is 0.341. The molecular weight excluding hydrogens is 329 g/mol. The van der Waals surface area contributed by atoms with Crippen LogP contribution in [0.25, 0.3) is 0 Å². The largest absolute Gasteiger partial charge is 0.259 e. The highest BCUT2D eigenvalue weighted by Gasteiger charge is 2.10. The summed E-state index contributed by atoms with van der Waals surface area (Å²) in [4.78, 5) is 0. The van der Waals surface area contributed by atoms with Crippen LogP contribution in [0.15, 0.2) is 18.2 Å². The van der Waals surface area contributed by atoms with Crippen LogP contribution in [0.3, 0.4) is 0 Å². The average molecular weight is 344 g/mol. The highest BCUT2D eigenvalue weighted by Crippen LogP contribution is 2.22. The lowest BCUT2D eigenvalue weighted by atomic mass is 10.2. The zero-order valence-corrected chi connectivity index (χ0v) is 13.5. The third-order valence-corrected chi connectivity index (χ3v) is 5.85. The Labute approximate surface area is 126 Å². The second-order valence-corrected chi connectivity index (χ2v) is 8.37. The molecule has 1 rings (SSSR count). The number of halogens is 2. The minimum Gasteiger partial charge on any atom is -0.259 e. The predicted molar refractivity (Wildman–Crippen MR) is 80.6 cm³/mol. The minimum absolute atomic E-state index is 0.0292. The van der Waals surface area contributed by atoms with Gasteiger partial charge in [0.1, 0.15) is 0 Å². The van der Waals surface area contributed by atoms with Gasteiger partial charge in [-0.1, -0.05) is 23.2 Å². The summed E-state index contributed by atoms with van der Waals surface area (Å²) in [6.45, 7) is 0. The van der Waals surface area contributed by atoms with Crippen LogP contribution >= 0.6 is 23.2 Å². The summed E-state index contributed by atoms with van der Waals surface area (Å²) in [5.41, 5.74) is 0.712. The molecule has 0 spiro atoms. The van der Waals surface area contributed by atoms with E-state index in [0.29, 0.717) is 27.8 Å². The van der Waals surface area contributed by atoms with Crippen LogP contribution in [0.4, 0.5) is 0 Å². The molecule has 0 radical (unpaired) electrons. The predicted octanol–water partition coefficient (Wildman–Crippen LogP) is 2.18. The Bertz CT molecular complexity index is 561. The Hall–Kier alpha value is -0.140. The number of hydrogen-bond donors (Lipinski definition) is 1. The molecule has 4 nitrogen and oxygen atoms in total. The van der Waals surface area contributed by atoms with Gasteiger partial charge in [0.05, 0.1) is 11.5 Å². The lowest BCUT2D eigenvalue weighted by molar-refractivity contribution is 0.587. The van der Waals surface area contributed by atoms with Gasteiger partial charge in [-0.25, -0.2) is 13.1 Å². The summed E-state index contributed by atoms with van der Waals surface area (Å²) < 4.78 is 36.4. The van der Waals surface area contributed by atoms with Crippen LogP contribution in [-0.4, -0.2) is 31.2 Å². The van der Waals surface area contributed by atoms with Gasteiger partial charge < -0.3 is 0 Å². The second-order valence-electron chi connectivity index (χ2n) is 3.90. The molecule has 0 unspecified atom stereocenters. The maximum absolute atomic E-state index is 11.8. The van der Waals surface area contributed by atoms with Gasteiger partial charge in [-0.3, -0.25) is 4.21 Å². The number of rotatable bonds is 7. The normalized spacial score (nSPS) is 13.4. The Morgan fingerprint density at radius 1 is 1.32 bits per heavy atom. The van der Waals surface area contributed by atoms with Crippen molar-refractivity contribution in [2.75, 3.05) is 18.6 Å². The van der Waals surface area contributed by atoms with E-state index in [2.05, 4.69) is 4.72 Å². The fourth-order valence-electron chi connectivity index (χ4n) is 1.41. The van der Waals surface area contributed by atoms with Crippen molar-refractivity contribution >= 4 is 44.0 Å². The molecule has 0 aromatic heterocycles. The molecule has 1 atom stereocenters. The monoisotopic (exact) mass is 343 g/mol. The van der Waals surface area contributed by atoms with E-state index >= 15 is 0 Å². The molecule has 0 aliphatic rings. The minimum atomic E-state index is -3.23. The maximum Gasteiger partial charge on any atom is 0.211 e. The summed E-state index contributed by atoms with van der Waals surface area (Å²) in [5, 5.41) is 1.05. The van der Waals surface area contributed by atoms with Gasteiger partial charge in [-0.2, -0.15) is 0 Å². The zero-order chi connectivity index (χ0) is 14.5. The van der Waals surface area contributed by atoms with Gasteiger partial charge in [-0.15, -0.1) is 0 Å². The smallest absolute Gasteiger partial charge is 0.211 e. The maximum atomic E-state index is 11.8. The van der Waals surface area contributed by atoms with Gasteiger partial charge >= 0.3 is 0 Å². The van der Waals surface area contributed by atoms with Gasteiger partial charge in [0, 0.05) is 26.6 Å². The van der Waals surface area contributed by atoms with E-state index in [1.807, 2.05) is 0 Å².